The Morgan fingerprint density at radius 3 is 2.81 bits per heavy atom. The summed E-state index contributed by atoms with van der Waals surface area (Å²) in [6, 6.07) is 2.46. The number of carbonyl (C=O) groups is 1. The number of nitrogens with one attached hydrogen (secondary N) is 1. The predicted molar refractivity (Wildman–Crippen MR) is 62.7 cm³/mol. The van der Waals surface area contributed by atoms with Crippen molar-refractivity contribution in [3.8, 4) is 6.07 Å². The molecule has 0 aromatic carbocycles. The molecule has 1 aliphatic rings. The third kappa shape index (κ3) is 3.49. The lowest BCUT2D eigenvalue weighted by Crippen LogP contribution is -2.43. The maximum absolute atomic E-state index is 11.7. The maximum atomic E-state index is 11.7. The van der Waals surface area contributed by atoms with Crippen molar-refractivity contribution in [1.82, 2.24) is 10.2 Å². The molecule has 0 aromatic rings. The number of hydrogen-bond donors (Lipinski definition) is 1. The molecule has 4 nitrogen and oxygen atoms in total. The second kappa shape index (κ2) is 6.49. The van der Waals surface area contributed by atoms with Gasteiger partial charge >= 0.3 is 0 Å². The van der Waals surface area contributed by atoms with Gasteiger partial charge in [-0.3, -0.25) is 9.69 Å². The molecule has 0 spiro atoms. The fraction of sp³-hybridized carbons (Fsp3) is 0.833. The summed E-state index contributed by atoms with van der Waals surface area (Å²) in [6.07, 6.45) is 3.85. The summed E-state index contributed by atoms with van der Waals surface area (Å²) in [4.78, 5) is 13.7. The average Bonchev–Trinajstić information content (AvgIpc) is 2.73. The van der Waals surface area contributed by atoms with Gasteiger partial charge in [-0.25, -0.2) is 0 Å². The Morgan fingerprint density at radius 2 is 2.25 bits per heavy atom. The van der Waals surface area contributed by atoms with Crippen LogP contribution in [0.4, 0.5) is 0 Å². The smallest absolute Gasteiger partial charge is 0.234 e. The molecule has 1 saturated heterocycles. The molecule has 1 heterocycles. The van der Waals surface area contributed by atoms with E-state index < -0.39 is 0 Å². The predicted octanol–water partition coefficient (Wildman–Crippen LogP) is 1.28. The van der Waals surface area contributed by atoms with E-state index in [2.05, 4.69) is 25.2 Å². The molecule has 16 heavy (non-hydrogen) atoms. The van der Waals surface area contributed by atoms with Crippen LogP contribution in [0, 0.1) is 11.3 Å². The lowest BCUT2D eigenvalue weighted by molar-refractivity contribution is -0.123. The third-order valence-corrected chi connectivity index (χ3v) is 3.21. The van der Waals surface area contributed by atoms with Crippen LogP contribution in [0.1, 0.15) is 39.5 Å². The highest BCUT2D eigenvalue weighted by molar-refractivity contribution is 5.78. The van der Waals surface area contributed by atoms with Crippen LogP contribution in [-0.2, 0) is 4.79 Å². The van der Waals surface area contributed by atoms with E-state index in [4.69, 9.17) is 5.26 Å². The van der Waals surface area contributed by atoms with E-state index in [1.54, 1.807) is 0 Å². The van der Waals surface area contributed by atoms with Crippen LogP contribution in [0.5, 0.6) is 0 Å². The van der Waals surface area contributed by atoms with Gasteiger partial charge in [0.1, 0.15) is 0 Å². The highest BCUT2D eigenvalue weighted by Crippen LogP contribution is 2.15. The van der Waals surface area contributed by atoms with Gasteiger partial charge in [0, 0.05) is 12.6 Å². The average molecular weight is 223 g/mol. The molecular formula is C12H21N3O. The third-order valence-electron chi connectivity index (χ3n) is 3.21. The summed E-state index contributed by atoms with van der Waals surface area (Å²) in [7, 11) is 0. The Balaban J connectivity index is 2.36. The first-order valence-electron chi connectivity index (χ1n) is 6.14. The second-order valence-corrected chi connectivity index (χ2v) is 4.34. The first-order chi connectivity index (χ1) is 7.71. The molecule has 1 rings (SSSR count). The van der Waals surface area contributed by atoms with Crippen LogP contribution >= 0.6 is 0 Å². The lowest BCUT2D eigenvalue weighted by atomic mass is 10.2. The molecule has 0 aliphatic carbocycles. The number of nitriles is 1. The van der Waals surface area contributed by atoms with E-state index in [0.717, 1.165) is 32.2 Å². The summed E-state index contributed by atoms with van der Waals surface area (Å²) in [5, 5.41) is 11.9. The number of hydrogen-bond acceptors (Lipinski definition) is 3. The van der Waals surface area contributed by atoms with Crippen molar-refractivity contribution in [2.24, 2.45) is 0 Å². The number of amides is 1. The zero-order valence-corrected chi connectivity index (χ0v) is 10.2. The molecule has 1 aliphatic heterocycles. The van der Waals surface area contributed by atoms with Crippen molar-refractivity contribution >= 4 is 5.91 Å². The Labute approximate surface area is 97.6 Å². The zero-order chi connectivity index (χ0) is 12.0. The molecule has 0 bridgehead atoms. The van der Waals surface area contributed by atoms with E-state index in [9.17, 15) is 4.79 Å². The molecule has 0 aromatic heterocycles. The Morgan fingerprint density at radius 1 is 1.56 bits per heavy atom. The van der Waals surface area contributed by atoms with E-state index in [1.807, 2.05) is 4.90 Å². The zero-order valence-electron chi connectivity index (χ0n) is 10.2. The minimum atomic E-state index is -0.0625. The first kappa shape index (κ1) is 13.0. The van der Waals surface area contributed by atoms with Crippen molar-refractivity contribution in [2.45, 2.75) is 51.6 Å². The monoisotopic (exact) mass is 223 g/mol. The summed E-state index contributed by atoms with van der Waals surface area (Å²) in [6.45, 7) is 5.38. The van der Waals surface area contributed by atoms with Crippen molar-refractivity contribution in [3.05, 3.63) is 0 Å². The van der Waals surface area contributed by atoms with E-state index >= 15 is 0 Å². The molecule has 4 heteroatoms. The van der Waals surface area contributed by atoms with E-state index in [-0.39, 0.29) is 18.0 Å². The Hall–Kier alpha value is -1.08. The molecule has 1 unspecified atom stereocenters. The van der Waals surface area contributed by atoms with Gasteiger partial charge in [0.2, 0.25) is 5.91 Å². The van der Waals surface area contributed by atoms with Crippen molar-refractivity contribution < 1.29 is 4.79 Å². The van der Waals surface area contributed by atoms with Gasteiger partial charge in [-0.1, -0.05) is 13.8 Å². The van der Waals surface area contributed by atoms with Gasteiger partial charge < -0.3 is 5.32 Å². The van der Waals surface area contributed by atoms with Crippen LogP contribution in [0.3, 0.4) is 0 Å². The molecule has 1 amide bonds. The van der Waals surface area contributed by atoms with Gasteiger partial charge in [-0.15, -0.1) is 0 Å². The molecular weight excluding hydrogens is 202 g/mol. The molecule has 1 fully saturated rings. The fourth-order valence-corrected chi connectivity index (χ4v) is 2.11. The SMILES string of the molecule is CCC(CC)NC(=O)CN1CCCC1C#N. The van der Waals surface area contributed by atoms with Gasteiger partial charge in [0.15, 0.2) is 0 Å². The van der Waals surface area contributed by atoms with Gasteiger partial charge in [0.05, 0.1) is 18.7 Å². The summed E-state index contributed by atoms with van der Waals surface area (Å²) < 4.78 is 0. The lowest BCUT2D eigenvalue weighted by Gasteiger charge is -2.21. The van der Waals surface area contributed by atoms with Crippen molar-refractivity contribution in [3.63, 3.8) is 0 Å². The first-order valence-corrected chi connectivity index (χ1v) is 6.14. The quantitative estimate of drug-likeness (QED) is 0.764. The molecule has 0 radical (unpaired) electrons. The minimum absolute atomic E-state index is 0.0517. The van der Waals surface area contributed by atoms with Crippen LogP contribution in [0.2, 0.25) is 0 Å². The fourth-order valence-electron chi connectivity index (χ4n) is 2.11. The topological polar surface area (TPSA) is 56.1 Å². The van der Waals surface area contributed by atoms with Crippen LogP contribution in [0.25, 0.3) is 0 Å². The normalized spacial score (nSPS) is 21.0. The molecule has 0 saturated carbocycles. The highest BCUT2D eigenvalue weighted by atomic mass is 16.2. The van der Waals surface area contributed by atoms with Gasteiger partial charge in [0.25, 0.3) is 0 Å². The number of likely N-dealkylation sites (tertiary alicyclic amines) is 1. The van der Waals surface area contributed by atoms with Crippen molar-refractivity contribution in [1.29, 1.82) is 5.26 Å². The minimum Gasteiger partial charge on any atom is -0.352 e. The van der Waals surface area contributed by atoms with Gasteiger partial charge in [-0.2, -0.15) is 5.26 Å². The number of rotatable bonds is 5. The molecule has 1 atom stereocenters. The summed E-state index contributed by atoms with van der Waals surface area (Å²) in [5.41, 5.74) is 0. The van der Waals surface area contributed by atoms with Crippen LogP contribution in [0.15, 0.2) is 0 Å². The highest BCUT2D eigenvalue weighted by Gasteiger charge is 2.26. The summed E-state index contributed by atoms with van der Waals surface area (Å²) in [5.74, 6) is 0.0517. The number of carbonyl (C=O) groups excluding carboxylic acids is 1. The molecule has 90 valence electrons. The molecule has 1 N–H and O–H groups in total. The largest absolute Gasteiger partial charge is 0.352 e. The summed E-state index contributed by atoms with van der Waals surface area (Å²) >= 11 is 0. The van der Waals surface area contributed by atoms with Gasteiger partial charge in [-0.05, 0) is 25.7 Å². The van der Waals surface area contributed by atoms with E-state index in [0.29, 0.717) is 6.54 Å². The number of nitrogens with zero attached hydrogens (tertiary/aromatic N) is 2. The Kier molecular flexibility index (Phi) is 5.27. The van der Waals surface area contributed by atoms with Crippen LogP contribution in [-0.4, -0.2) is 36.0 Å². The maximum Gasteiger partial charge on any atom is 0.234 e. The second-order valence-electron chi connectivity index (χ2n) is 4.34. The standard InChI is InChI=1S/C12H21N3O/c1-3-10(4-2)14-12(16)9-15-7-5-6-11(15)8-13/h10-11H,3-7,9H2,1-2H3,(H,14,16). The van der Waals surface area contributed by atoms with E-state index in [1.165, 1.54) is 0 Å². The Bertz CT molecular complexity index is 268. The van der Waals surface area contributed by atoms with Crippen LogP contribution < -0.4 is 5.32 Å². The van der Waals surface area contributed by atoms with Crippen molar-refractivity contribution in [2.75, 3.05) is 13.1 Å².